The Hall–Kier alpha value is -0.0200. The average Bonchev–Trinajstić information content (AvgIpc) is 2.15. The van der Waals surface area contributed by atoms with Gasteiger partial charge >= 0.3 is 0 Å². The van der Waals surface area contributed by atoms with E-state index in [1.807, 2.05) is 6.07 Å². The second kappa shape index (κ2) is 6.54. The molecular weight excluding hydrogens is 254 g/mol. The van der Waals surface area contributed by atoms with Gasteiger partial charge in [0.1, 0.15) is 10.3 Å². The number of nitrogens with two attached hydrogens (primary N) is 1. The van der Waals surface area contributed by atoms with Gasteiger partial charge in [-0.15, -0.1) is 12.4 Å². The lowest BCUT2D eigenvalue weighted by molar-refractivity contribution is 0.456. The molecule has 0 aliphatic rings. The van der Waals surface area contributed by atoms with Crippen molar-refractivity contribution in [2.75, 3.05) is 0 Å². The molecule has 0 saturated heterocycles. The number of aromatic nitrogens is 1. The van der Waals surface area contributed by atoms with Crippen LogP contribution in [0.3, 0.4) is 0 Å². The maximum absolute atomic E-state index is 6.03. The molecule has 86 valence electrons. The van der Waals surface area contributed by atoms with Crippen molar-refractivity contribution in [3.63, 3.8) is 0 Å². The molecule has 0 aliphatic heterocycles. The Morgan fingerprint density at radius 3 is 2.47 bits per heavy atom. The summed E-state index contributed by atoms with van der Waals surface area (Å²) in [6.45, 7) is 4.19. The topological polar surface area (TPSA) is 38.9 Å². The van der Waals surface area contributed by atoms with Crippen LogP contribution in [-0.2, 0) is 0 Å². The van der Waals surface area contributed by atoms with Gasteiger partial charge in [0.25, 0.3) is 0 Å². The van der Waals surface area contributed by atoms with Gasteiger partial charge in [0.05, 0.1) is 0 Å². The van der Waals surface area contributed by atoms with Crippen molar-refractivity contribution in [2.24, 2.45) is 11.7 Å². The van der Waals surface area contributed by atoms with Gasteiger partial charge in [0.15, 0.2) is 0 Å². The Balaban J connectivity index is 0.00000196. The second-order valence-electron chi connectivity index (χ2n) is 3.43. The fraction of sp³-hybridized carbons (Fsp3) is 0.500. The molecule has 0 aromatic carbocycles. The lowest BCUT2D eigenvalue weighted by Crippen LogP contribution is -2.19. The highest BCUT2D eigenvalue weighted by Gasteiger charge is 2.16. The molecule has 0 amide bonds. The molecule has 0 aliphatic carbocycles. The molecule has 1 aromatic heterocycles. The highest BCUT2D eigenvalue weighted by atomic mass is 35.5. The van der Waals surface area contributed by atoms with Crippen molar-refractivity contribution in [1.82, 2.24) is 4.98 Å². The van der Waals surface area contributed by atoms with Crippen LogP contribution in [0.1, 0.15) is 31.9 Å². The van der Waals surface area contributed by atoms with Crippen molar-refractivity contribution in [1.29, 1.82) is 0 Å². The Morgan fingerprint density at radius 1 is 1.40 bits per heavy atom. The summed E-state index contributed by atoms with van der Waals surface area (Å²) >= 11 is 11.6. The maximum Gasteiger partial charge on any atom is 0.135 e. The van der Waals surface area contributed by atoms with Crippen LogP contribution in [0.25, 0.3) is 0 Å². The molecule has 0 fully saturated rings. The summed E-state index contributed by atoms with van der Waals surface area (Å²) in [6, 6.07) is 3.48. The molecule has 2 nitrogen and oxygen atoms in total. The van der Waals surface area contributed by atoms with Gasteiger partial charge in [-0.1, -0.05) is 49.5 Å². The van der Waals surface area contributed by atoms with E-state index >= 15 is 0 Å². The normalized spacial score (nSPS) is 14.2. The number of nitrogens with zero attached hydrogens (tertiary/aromatic N) is 1. The number of rotatable bonds is 3. The van der Waals surface area contributed by atoms with E-state index in [-0.39, 0.29) is 18.4 Å². The van der Waals surface area contributed by atoms with Crippen molar-refractivity contribution in [2.45, 2.75) is 26.3 Å². The summed E-state index contributed by atoms with van der Waals surface area (Å²) in [5.41, 5.74) is 6.90. The third-order valence-corrected chi connectivity index (χ3v) is 2.97. The van der Waals surface area contributed by atoms with E-state index in [1.54, 1.807) is 6.07 Å². The van der Waals surface area contributed by atoms with E-state index in [1.165, 1.54) is 0 Å². The predicted molar refractivity (Wildman–Crippen MR) is 67.9 cm³/mol. The first-order chi connectivity index (χ1) is 6.56. The number of halogens is 3. The highest BCUT2D eigenvalue weighted by Crippen LogP contribution is 2.27. The average molecular weight is 270 g/mol. The Labute approximate surface area is 107 Å². The second-order valence-corrected chi connectivity index (χ2v) is 4.17. The molecule has 1 rings (SSSR count). The summed E-state index contributed by atoms with van der Waals surface area (Å²) < 4.78 is 0. The van der Waals surface area contributed by atoms with E-state index in [9.17, 15) is 0 Å². The van der Waals surface area contributed by atoms with Crippen LogP contribution in [0.4, 0.5) is 0 Å². The maximum atomic E-state index is 6.03. The van der Waals surface area contributed by atoms with Gasteiger partial charge in [-0.2, -0.15) is 0 Å². The first-order valence-electron chi connectivity index (χ1n) is 4.63. The molecule has 2 N–H and O–H groups in total. The molecule has 0 radical (unpaired) electrons. The van der Waals surface area contributed by atoms with Crippen LogP contribution < -0.4 is 5.73 Å². The minimum atomic E-state index is -0.0720. The third kappa shape index (κ3) is 3.80. The van der Waals surface area contributed by atoms with Crippen molar-refractivity contribution in [3.8, 4) is 0 Å². The smallest absolute Gasteiger partial charge is 0.135 e. The minimum Gasteiger partial charge on any atom is -0.324 e. The van der Waals surface area contributed by atoms with E-state index in [4.69, 9.17) is 28.9 Å². The largest absolute Gasteiger partial charge is 0.324 e. The summed E-state index contributed by atoms with van der Waals surface area (Å²) in [4.78, 5) is 3.96. The molecule has 1 aromatic rings. The van der Waals surface area contributed by atoms with Crippen molar-refractivity contribution >= 4 is 35.6 Å². The minimum absolute atomic E-state index is 0. The lowest BCUT2D eigenvalue weighted by atomic mass is 9.94. The molecule has 15 heavy (non-hydrogen) atoms. The fourth-order valence-corrected chi connectivity index (χ4v) is 1.70. The Bertz CT molecular complexity index is 318. The molecule has 0 bridgehead atoms. The van der Waals surface area contributed by atoms with Crippen LogP contribution in [0.2, 0.25) is 10.3 Å². The predicted octanol–water partition coefficient (Wildman–Crippen LogP) is 3.86. The van der Waals surface area contributed by atoms with Crippen LogP contribution in [0.15, 0.2) is 12.1 Å². The molecule has 2 atom stereocenters. The van der Waals surface area contributed by atoms with E-state index < -0.39 is 0 Å². The number of pyridine rings is 1. The number of hydrogen-bond donors (Lipinski definition) is 1. The van der Waals surface area contributed by atoms with Gasteiger partial charge in [-0.25, -0.2) is 4.98 Å². The van der Waals surface area contributed by atoms with Crippen LogP contribution in [0.5, 0.6) is 0 Å². The molecule has 0 spiro atoms. The van der Waals surface area contributed by atoms with Crippen LogP contribution in [-0.4, -0.2) is 4.98 Å². The third-order valence-electron chi connectivity index (χ3n) is 2.46. The standard InChI is InChI=1S/C10H14Cl2N2.ClH/c1-3-6(2)9(13)7-4-5-8(11)14-10(7)12;/h4-6,9H,3,13H2,1-2H3;1H/t6?,9-;/m1./s1. The van der Waals surface area contributed by atoms with Crippen molar-refractivity contribution < 1.29 is 0 Å². The van der Waals surface area contributed by atoms with Gasteiger partial charge in [-0.05, 0) is 12.0 Å². The Morgan fingerprint density at radius 2 is 2.00 bits per heavy atom. The van der Waals surface area contributed by atoms with Gasteiger partial charge in [0, 0.05) is 11.6 Å². The van der Waals surface area contributed by atoms with Gasteiger partial charge in [0.2, 0.25) is 0 Å². The molecule has 5 heteroatoms. The summed E-state index contributed by atoms with van der Waals surface area (Å²) in [6.07, 6.45) is 1.01. The molecule has 1 unspecified atom stereocenters. The number of hydrogen-bond acceptors (Lipinski definition) is 2. The summed E-state index contributed by atoms with van der Waals surface area (Å²) in [7, 11) is 0. The molecule has 1 heterocycles. The summed E-state index contributed by atoms with van der Waals surface area (Å²) in [5, 5.41) is 0.806. The lowest BCUT2D eigenvalue weighted by Gasteiger charge is -2.19. The first-order valence-corrected chi connectivity index (χ1v) is 5.39. The van der Waals surface area contributed by atoms with Crippen LogP contribution in [0, 0.1) is 5.92 Å². The zero-order chi connectivity index (χ0) is 10.7. The van der Waals surface area contributed by atoms with E-state index in [0.29, 0.717) is 16.2 Å². The summed E-state index contributed by atoms with van der Waals surface area (Å²) in [5.74, 6) is 0.385. The van der Waals surface area contributed by atoms with E-state index in [0.717, 1.165) is 12.0 Å². The first kappa shape index (κ1) is 15.0. The molecular formula is C10H15Cl3N2. The zero-order valence-electron chi connectivity index (χ0n) is 8.71. The zero-order valence-corrected chi connectivity index (χ0v) is 11.0. The quantitative estimate of drug-likeness (QED) is 0.846. The van der Waals surface area contributed by atoms with E-state index in [2.05, 4.69) is 18.8 Å². The molecule has 0 saturated carbocycles. The Kier molecular flexibility index (Phi) is 6.53. The van der Waals surface area contributed by atoms with Gasteiger partial charge in [-0.3, -0.25) is 0 Å². The van der Waals surface area contributed by atoms with Crippen molar-refractivity contribution in [3.05, 3.63) is 28.0 Å². The monoisotopic (exact) mass is 268 g/mol. The SMILES string of the molecule is CCC(C)[C@@H](N)c1ccc(Cl)nc1Cl.Cl. The fourth-order valence-electron chi connectivity index (χ4n) is 1.23. The van der Waals surface area contributed by atoms with Gasteiger partial charge < -0.3 is 5.73 Å². The highest BCUT2D eigenvalue weighted by molar-refractivity contribution is 6.32. The van der Waals surface area contributed by atoms with Crippen LogP contribution >= 0.6 is 35.6 Å².